The van der Waals surface area contributed by atoms with Crippen molar-refractivity contribution in [1.29, 1.82) is 0 Å². The van der Waals surface area contributed by atoms with Crippen molar-refractivity contribution < 1.29 is 14.0 Å². The smallest absolute Gasteiger partial charge is 0.317 e. The molecule has 2 aliphatic rings. The van der Waals surface area contributed by atoms with Crippen molar-refractivity contribution in [3.63, 3.8) is 0 Å². The van der Waals surface area contributed by atoms with Gasteiger partial charge in [0.15, 0.2) is 0 Å². The number of nitrogens with zero attached hydrogens (tertiary/aromatic N) is 3. The van der Waals surface area contributed by atoms with E-state index in [1.165, 1.54) is 37.1 Å². The van der Waals surface area contributed by atoms with Gasteiger partial charge in [-0.15, -0.1) is 0 Å². The molecule has 0 aliphatic carbocycles. The molecule has 0 spiro atoms. The fourth-order valence-corrected chi connectivity index (χ4v) is 3.82. The van der Waals surface area contributed by atoms with Crippen LogP contribution in [0, 0.1) is 11.7 Å². The minimum Gasteiger partial charge on any atom is -0.337 e. The monoisotopic (exact) mass is 390 g/mol. The van der Waals surface area contributed by atoms with Gasteiger partial charge in [0.25, 0.3) is 5.91 Å². The molecule has 0 saturated carbocycles. The summed E-state index contributed by atoms with van der Waals surface area (Å²) >= 11 is 0. The number of hydrogen-bond donors (Lipinski definition) is 1. The molecule has 2 saturated heterocycles. The van der Waals surface area contributed by atoms with Crippen LogP contribution in [0.5, 0.6) is 0 Å². The van der Waals surface area contributed by atoms with Crippen molar-refractivity contribution >= 4 is 11.9 Å². The van der Waals surface area contributed by atoms with Gasteiger partial charge >= 0.3 is 6.03 Å². The maximum absolute atomic E-state index is 13.1. The summed E-state index contributed by atoms with van der Waals surface area (Å²) in [7, 11) is 0. The summed E-state index contributed by atoms with van der Waals surface area (Å²) in [5, 5.41) is 3.02. The van der Waals surface area contributed by atoms with Crippen LogP contribution in [0.15, 0.2) is 24.3 Å². The molecular weight excluding hydrogens is 359 g/mol. The van der Waals surface area contributed by atoms with E-state index in [0.29, 0.717) is 38.3 Å². The van der Waals surface area contributed by atoms with E-state index in [-0.39, 0.29) is 17.8 Å². The Morgan fingerprint density at radius 2 is 1.64 bits per heavy atom. The molecule has 2 aliphatic heterocycles. The Kier molecular flexibility index (Phi) is 7.25. The second kappa shape index (κ2) is 9.87. The third-order valence-corrected chi connectivity index (χ3v) is 5.74. The first kappa shape index (κ1) is 20.6. The molecule has 3 amide bonds. The van der Waals surface area contributed by atoms with Crippen LogP contribution in [0.25, 0.3) is 0 Å². The Balaban J connectivity index is 1.42. The van der Waals surface area contributed by atoms with Gasteiger partial charge in [-0.05, 0) is 62.5 Å². The quantitative estimate of drug-likeness (QED) is 0.859. The van der Waals surface area contributed by atoms with E-state index in [9.17, 15) is 14.0 Å². The Bertz CT molecular complexity index is 659. The summed E-state index contributed by atoms with van der Waals surface area (Å²) in [6.45, 7) is 8.31. The average molecular weight is 391 g/mol. The van der Waals surface area contributed by atoms with E-state index in [4.69, 9.17) is 0 Å². The standard InChI is InChI=1S/C21H31FN4O2/c1-17-7-12-24(13-8-17)14-9-23-21(28)26-11-2-10-25(15-16-26)20(27)18-3-5-19(22)6-4-18/h3-6,17H,2,7-16H2,1H3,(H,23,28). The zero-order valence-electron chi connectivity index (χ0n) is 16.7. The summed E-state index contributed by atoms with van der Waals surface area (Å²) < 4.78 is 13.1. The van der Waals surface area contributed by atoms with Crippen molar-refractivity contribution in [2.24, 2.45) is 5.92 Å². The number of piperidine rings is 1. The van der Waals surface area contributed by atoms with Crippen LogP contribution in [-0.2, 0) is 0 Å². The van der Waals surface area contributed by atoms with Gasteiger partial charge in [-0.3, -0.25) is 4.79 Å². The van der Waals surface area contributed by atoms with Crippen LogP contribution in [0.4, 0.5) is 9.18 Å². The predicted octanol–water partition coefficient (Wildman–Crippen LogP) is 2.42. The van der Waals surface area contributed by atoms with E-state index >= 15 is 0 Å². The molecule has 0 bridgehead atoms. The zero-order chi connectivity index (χ0) is 19.9. The fourth-order valence-electron chi connectivity index (χ4n) is 3.82. The van der Waals surface area contributed by atoms with E-state index in [2.05, 4.69) is 17.1 Å². The summed E-state index contributed by atoms with van der Waals surface area (Å²) in [4.78, 5) is 31.0. The van der Waals surface area contributed by atoms with Gasteiger partial charge in [-0.25, -0.2) is 9.18 Å². The van der Waals surface area contributed by atoms with E-state index in [1.54, 1.807) is 9.80 Å². The third kappa shape index (κ3) is 5.67. The minimum absolute atomic E-state index is 0.0542. The van der Waals surface area contributed by atoms with Crippen LogP contribution in [-0.4, -0.2) is 79.0 Å². The largest absolute Gasteiger partial charge is 0.337 e. The highest BCUT2D eigenvalue weighted by atomic mass is 19.1. The number of hydrogen-bond acceptors (Lipinski definition) is 3. The average Bonchev–Trinajstić information content (AvgIpc) is 2.96. The molecule has 6 nitrogen and oxygen atoms in total. The van der Waals surface area contributed by atoms with Gasteiger partial charge in [0, 0.05) is 44.8 Å². The molecule has 0 aromatic heterocycles. The Morgan fingerprint density at radius 1 is 1.00 bits per heavy atom. The molecule has 28 heavy (non-hydrogen) atoms. The zero-order valence-corrected chi connectivity index (χ0v) is 16.7. The van der Waals surface area contributed by atoms with Crippen LogP contribution in [0.3, 0.4) is 0 Å². The maximum Gasteiger partial charge on any atom is 0.317 e. The molecule has 0 radical (unpaired) electrons. The van der Waals surface area contributed by atoms with E-state index in [0.717, 1.165) is 32.0 Å². The second-order valence-electron chi connectivity index (χ2n) is 7.90. The number of urea groups is 1. The molecule has 2 heterocycles. The summed E-state index contributed by atoms with van der Waals surface area (Å²) in [6.07, 6.45) is 3.21. The number of halogens is 1. The van der Waals surface area contributed by atoms with Crippen LogP contribution >= 0.6 is 0 Å². The first-order valence-corrected chi connectivity index (χ1v) is 10.3. The first-order chi connectivity index (χ1) is 13.5. The van der Waals surface area contributed by atoms with Crippen LogP contribution in [0.2, 0.25) is 0 Å². The number of carbonyl (C=O) groups is 2. The molecular formula is C21H31FN4O2. The van der Waals surface area contributed by atoms with Crippen molar-refractivity contribution in [2.75, 3.05) is 52.4 Å². The van der Waals surface area contributed by atoms with Crippen molar-refractivity contribution in [2.45, 2.75) is 26.2 Å². The van der Waals surface area contributed by atoms with Gasteiger partial charge in [0.2, 0.25) is 0 Å². The van der Waals surface area contributed by atoms with Gasteiger partial charge < -0.3 is 20.0 Å². The molecule has 3 rings (SSSR count). The molecule has 2 fully saturated rings. The number of likely N-dealkylation sites (tertiary alicyclic amines) is 1. The Morgan fingerprint density at radius 3 is 2.36 bits per heavy atom. The SMILES string of the molecule is CC1CCN(CCNC(=O)N2CCCN(C(=O)c3ccc(F)cc3)CC2)CC1. The third-order valence-electron chi connectivity index (χ3n) is 5.74. The van der Waals surface area contributed by atoms with Crippen molar-refractivity contribution in [1.82, 2.24) is 20.0 Å². The van der Waals surface area contributed by atoms with E-state index in [1.807, 2.05) is 0 Å². The molecule has 7 heteroatoms. The first-order valence-electron chi connectivity index (χ1n) is 10.3. The highest BCUT2D eigenvalue weighted by molar-refractivity contribution is 5.94. The highest BCUT2D eigenvalue weighted by Crippen LogP contribution is 2.15. The molecule has 1 aromatic rings. The topological polar surface area (TPSA) is 55.9 Å². The van der Waals surface area contributed by atoms with Crippen LogP contribution < -0.4 is 5.32 Å². The predicted molar refractivity (Wildman–Crippen MR) is 107 cm³/mol. The lowest BCUT2D eigenvalue weighted by molar-refractivity contribution is 0.0762. The molecule has 0 atom stereocenters. The minimum atomic E-state index is -0.352. The molecule has 154 valence electrons. The Hall–Kier alpha value is -2.15. The maximum atomic E-state index is 13.1. The van der Waals surface area contributed by atoms with E-state index < -0.39 is 0 Å². The summed E-state index contributed by atoms with van der Waals surface area (Å²) in [5.74, 6) is 0.347. The Labute approximate surface area is 166 Å². The molecule has 0 unspecified atom stereocenters. The molecule has 1 aromatic carbocycles. The number of amides is 3. The number of rotatable bonds is 4. The van der Waals surface area contributed by atoms with Gasteiger partial charge in [0.05, 0.1) is 0 Å². The summed E-state index contributed by atoms with van der Waals surface area (Å²) in [6, 6.07) is 5.56. The van der Waals surface area contributed by atoms with Gasteiger partial charge in [0.1, 0.15) is 5.82 Å². The lowest BCUT2D eigenvalue weighted by atomic mass is 9.99. The lowest BCUT2D eigenvalue weighted by Gasteiger charge is -2.30. The number of benzene rings is 1. The second-order valence-corrected chi connectivity index (χ2v) is 7.90. The van der Waals surface area contributed by atoms with Gasteiger partial charge in [-0.1, -0.05) is 6.92 Å². The van der Waals surface area contributed by atoms with Crippen molar-refractivity contribution in [3.05, 3.63) is 35.6 Å². The number of nitrogens with one attached hydrogen (secondary N) is 1. The summed E-state index contributed by atoms with van der Waals surface area (Å²) in [5.41, 5.74) is 0.482. The lowest BCUT2D eigenvalue weighted by Crippen LogP contribution is -2.45. The van der Waals surface area contributed by atoms with Crippen LogP contribution in [0.1, 0.15) is 36.5 Å². The molecule has 1 N–H and O–H groups in total. The fraction of sp³-hybridized carbons (Fsp3) is 0.619. The van der Waals surface area contributed by atoms with Gasteiger partial charge in [-0.2, -0.15) is 0 Å². The van der Waals surface area contributed by atoms with Crippen molar-refractivity contribution in [3.8, 4) is 0 Å². The number of carbonyl (C=O) groups excluding carboxylic acids is 2. The normalized spacial score (nSPS) is 19.4. The highest BCUT2D eigenvalue weighted by Gasteiger charge is 2.23.